The number of likely N-dealkylation sites (N-methyl/N-ethyl adjacent to an activating group) is 1. The van der Waals surface area contributed by atoms with Crippen molar-refractivity contribution in [2.45, 2.75) is 43.9 Å². The predicted molar refractivity (Wildman–Crippen MR) is 132 cm³/mol. The van der Waals surface area contributed by atoms with Gasteiger partial charge in [-0.05, 0) is 55.9 Å². The van der Waals surface area contributed by atoms with Crippen LogP contribution in [0.1, 0.15) is 43.4 Å². The smallest absolute Gasteiger partial charge is 0.233 e. The summed E-state index contributed by atoms with van der Waals surface area (Å²) in [4.78, 5) is 15.5. The fourth-order valence-electron chi connectivity index (χ4n) is 4.69. The molecule has 0 unspecified atom stereocenters. The quantitative estimate of drug-likeness (QED) is 0.415. The molecule has 0 bridgehead atoms. The van der Waals surface area contributed by atoms with E-state index in [9.17, 15) is 4.79 Å². The molecule has 1 N–H and O–H groups in total. The third-order valence-electron chi connectivity index (χ3n) is 6.62. The van der Waals surface area contributed by atoms with Crippen LogP contribution in [-0.4, -0.2) is 47.8 Å². The molecule has 2 aromatic carbocycles. The molecule has 5 nitrogen and oxygen atoms in total. The zero-order chi connectivity index (χ0) is 23.1. The number of amides is 1. The number of aromatic amines is 1. The van der Waals surface area contributed by atoms with E-state index < -0.39 is 5.41 Å². The molecular formula is C27H32ClN3O2. The van der Waals surface area contributed by atoms with Crippen LogP contribution in [0.5, 0.6) is 0 Å². The number of aryl methyl sites for hydroxylation is 1. The summed E-state index contributed by atoms with van der Waals surface area (Å²) in [5.74, 6) is 0.175. The number of H-pyrrole nitrogens is 1. The predicted octanol–water partition coefficient (Wildman–Crippen LogP) is 5.65. The summed E-state index contributed by atoms with van der Waals surface area (Å²) >= 11 is 6.25. The summed E-state index contributed by atoms with van der Waals surface area (Å²) in [6.07, 6.45) is 5.45. The molecule has 3 aromatic rings. The van der Waals surface area contributed by atoms with E-state index in [0.717, 1.165) is 54.7 Å². The molecule has 0 atom stereocenters. The molecule has 6 heteroatoms. The first-order valence-corrected chi connectivity index (χ1v) is 12.2. The third-order valence-corrected chi connectivity index (χ3v) is 6.85. The van der Waals surface area contributed by atoms with E-state index >= 15 is 0 Å². The number of carbonyl (C=O) groups excluding carboxylic acids is 1. The van der Waals surface area contributed by atoms with Crippen LogP contribution in [0.3, 0.4) is 0 Å². The summed E-state index contributed by atoms with van der Waals surface area (Å²) in [5, 5.41) is 8.26. The van der Waals surface area contributed by atoms with Gasteiger partial charge < -0.3 is 9.64 Å². The Kier molecular flexibility index (Phi) is 7.84. The number of benzene rings is 2. The van der Waals surface area contributed by atoms with Gasteiger partial charge in [0.1, 0.15) is 0 Å². The first-order chi connectivity index (χ1) is 16.1. The highest BCUT2D eigenvalue weighted by Gasteiger charge is 2.43. The molecule has 0 saturated carbocycles. The number of hydrogen-bond donors (Lipinski definition) is 1. The standard InChI is InChI=1S/C27H32ClN3O2/c1-31(26(32)27(14-17-33-18-15-27)22-11-8-12-23(28)19-22)16-7-3-6-13-24-20-25(30-29-24)21-9-4-2-5-10-21/h2,4-5,8-12,19-20H,3,6-7,13-18H2,1H3,(H,29,30). The molecule has 0 radical (unpaired) electrons. The van der Waals surface area contributed by atoms with Crippen molar-refractivity contribution in [2.24, 2.45) is 0 Å². The number of unbranched alkanes of at least 4 members (excludes halogenated alkanes) is 2. The first-order valence-electron chi connectivity index (χ1n) is 11.8. The largest absolute Gasteiger partial charge is 0.381 e. The highest BCUT2D eigenvalue weighted by molar-refractivity contribution is 6.30. The normalized spacial score (nSPS) is 15.3. The van der Waals surface area contributed by atoms with Gasteiger partial charge in [-0.25, -0.2) is 0 Å². The molecular weight excluding hydrogens is 434 g/mol. The monoisotopic (exact) mass is 465 g/mol. The van der Waals surface area contributed by atoms with Gasteiger partial charge in [0.2, 0.25) is 5.91 Å². The second kappa shape index (κ2) is 11.0. The molecule has 1 saturated heterocycles. The van der Waals surface area contributed by atoms with Gasteiger partial charge in [-0.15, -0.1) is 0 Å². The molecule has 1 amide bonds. The lowest BCUT2D eigenvalue weighted by molar-refractivity contribution is -0.140. The van der Waals surface area contributed by atoms with Gasteiger partial charge in [-0.3, -0.25) is 9.89 Å². The van der Waals surface area contributed by atoms with Crippen LogP contribution in [0, 0.1) is 0 Å². The Labute approximate surface area is 201 Å². The van der Waals surface area contributed by atoms with E-state index in [1.807, 2.05) is 54.4 Å². The summed E-state index contributed by atoms with van der Waals surface area (Å²) in [5.41, 5.74) is 3.73. The van der Waals surface area contributed by atoms with Gasteiger partial charge in [0.05, 0.1) is 11.1 Å². The van der Waals surface area contributed by atoms with Crippen LogP contribution >= 0.6 is 11.6 Å². The minimum absolute atomic E-state index is 0.175. The topological polar surface area (TPSA) is 58.2 Å². The molecule has 174 valence electrons. The van der Waals surface area contributed by atoms with Crippen molar-refractivity contribution in [3.05, 3.63) is 76.9 Å². The number of nitrogens with zero attached hydrogens (tertiary/aromatic N) is 2. The second-order valence-corrected chi connectivity index (χ2v) is 9.32. The summed E-state index contributed by atoms with van der Waals surface area (Å²) < 4.78 is 5.58. The SMILES string of the molecule is CN(CCCCCc1cc(-c2ccccc2)n[nH]1)C(=O)C1(c2cccc(Cl)c2)CCOCC1. The average molecular weight is 466 g/mol. The van der Waals surface area contributed by atoms with Crippen LogP contribution in [0.4, 0.5) is 0 Å². The molecule has 0 aliphatic carbocycles. The van der Waals surface area contributed by atoms with Gasteiger partial charge in [0, 0.05) is 43.1 Å². The number of aromatic nitrogens is 2. The van der Waals surface area contributed by atoms with Gasteiger partial charge in [-0.1, -0.05) is 60.5 Å². The van der Waals surface area contributed by atoms with Crippen LogP contribution in [0.15, 0.2) is 60.7 Å². The van der Waals surface area contributed by atoms with Crippen molar-refractivity contribution < 1.29 is 9.53 Å². The minimum Gasteiger partial charge on any atom is -0.381 e. The van der Waals surface area contributed by atoms with Crippen molar-refractivity contribution >= 4 is 17.5 Å². The van der Waals surface area contributed by atoms with E-state index in [1.54, 1.807) is 0 Å². The Morgan fingerprint density at radius 3 is 2.61 bits per heavy atom. The van der Waals surface area contributed by atoms with Crippen molar-refractivity contribution in [3.63, 3.8) is 0 Å². The van der Waals surface area contributed by atoms with Gasteiger partial charge in [0.25, 0.3) is 0 Å². The van der Waals surface area contributed by atoms with Crippen LogP contribution in [0.2, 0.25) is 5.02 Å². The Bertz CT molecular complexity index is 1040. The Morgan fingerprint density at radius 2 is 1.85 bits per heavy atom. The van der Waals surface area contributed by atoms with Crippen molar-refractivity contribution in [2.75, 3.05) is 26.8 Å². The maximum Gasteiger partial charge on any atom is 0.233 e. The molecule has 1 aliphatic heterocycles. The van der Waals surface area contributed by atoms with Crippen LogP contribution in [-0.2, 0) is 21.4 Å². The maximum atomic E-state index is 13.6. The molecule has 1 aliphatic rings. The summed E-state index contributed by atoms with van der Waals surface area (Å²) in [7, 11) is 1.92. The molecule has 4 rings (SSSR count). The molecule has 1 fully saturated rings. The maximum absolute atomic E-state index is 13.6. The first kappa shape index (κ1) is 23.5. The van der Waals surface area contributed by atoms with Gasteiger partial charge in [0.15, 0.2) is 0 Å². The lowest BCUT2D eigenvalue weighted by Crippen LogP contribution is -2.48. The fraction of sp³-hybridized carbons (Fsp3) is 0.407. The van der Waals surface area contributed by atoms with Crippen LogP contribution in [0.25, 0.3) is 11.3 Å². The lowest BCUT2D eigenvalue weighted by Gasteiger charge is -2.39. The average Bonchev–Trinajstić information content (AvgIpc) is 3.33. The number of nitrogens with one attached hydrogen (secondary N) is 1. The fourth-order valence-corrected chi connectivity index (χ4v) is 4.88. The second-order valence-electron chi connectivity index (χ2n) is 8.89. The van der Waals surface area contributed by atoms with Crippen molar-refractivity contribution in [1.29, 1.82) is 0 Å². The number of rotatable bonds is 9. The zero-order valence-electron chi connectivity index (χ0n) is 19.2. The Balaban J connectivity index is 1.28. The Morgan fingerprint density at radius 1 is 1.06 bits per heavy atom. The van der Waals surface area contributed by atoms with E-state index in [1.165, 1.54) is 0 Å². The summed E-state index contributed by atoms with van der Waals surface area (Å²) in [6.45, 7) is 1.95. The van der Waals surface area contributed by atoms with Crippen LogP contribution < -0.4 is 0 Å². The van der Waals surface area contributed by atoms with E-state index in [4.69, 9.17) is 16.3 Å². The minimum atomic E-state index is -0.540. The number of hydrogen-bond acceptors (Lipinski definition) is 3. The third kappa shape index (κ3) is 5.66. The molecule has 33 heavy (non-hydrogen) atoms. The zero-order valence-corrected chi connectivity index (χ0v) is 20.0. The van der Waals surface area contributed by atoms with Gasteiger partial charge in [-0.2, -0.15) is 5.10 Å². The highest BCUT2D eigenvalue weighted by atomic mass is 35.5. The summed E-state index contributed by atoms with van der Waals surface area (Å²) in [6, 6.07) is 20.1. The molecule has 0 spiro atoms. The molecule has 2 heterocycles. The van der Waals surface area contributed by atoms with E-state index in [2.05, 4.69) is 28.4 Å². The van der Waals surface area contributed by atoms with E-state index in [-0.39, 0.29) is 5.91 Å². The van der Waals surface area contributed by atoms with E-state index in [0.29, 0.717) is 31.1 Å². The number of ether oxygens (including phenoxy) is 1. The number of carbonyl (C=O) groups is 1. The molecule has 1 aromatic heterocycles. The van der Waals surface area contributed by atoms with Crippen molar-refractivity contribution in [3.8, 4) is 11.3 Å². The highest BCUT2D eigenvalue weighted by Crippen LogP contribution is 2.37. The Hall–Kier alpha value is -2.63. The van der Waals surface area contributed by atoms with Gasteiger partial charge >= 0.3 is 0 Å². The number of halogens is 1. The van der Waals surface area contributed by atoms with Crippen molar-refractivity contribution in [1.82, 2.24) is 15.1 Å². The lowest BCUT2D eigenvalue weighted by atomic mass is 9.73.